The van der Waals surface area contributed by atoms with E-state index >= 15 is 0 Å². The number of benzene rings is 2. The van der Waals surface area contributed by atoms with E-state index in [-0.39, 0.29) is 17.6 Å². The molecular formula is C25H24FN3O3. The summed E-state index contributed by atoms with van der Waals surface area (Å²) in [4.78, 5) is 19.5. The molecule has 0 N–H and O–H groups in total. The van der Waals surface area contributed by atoms with Gasteiger partial charge in [0.2, 0.25) is 11.7 Å². The van der Waals surface area contributed by atoms with E-state index in [1.807, 2.05) is 24.0 Å². The molecule has 0 radical (unpaired) electrons. The molecule has 164 valence electrons. The summed E-state index contributed by atoms with van der Waals surface area (Å²) in [5.74, 6) is 1.13. The molecule has 6 nitrogen and oxygen atoms in total. The molecule has 3 heterocycles. The average Bonchev–Trinajstić information content (AvgIpc) is 3.44. The van der Waals surface area contributed by atoms with Gasteiger partial charge in [0.1, 0.15) is 11.4 Å². The van der Waals surface area contributed by atoms with Gasteiger partial charge in [-0.2, -0.15) is 4.98 Å². The summed E-state index contributed by atoms with van der Waals surface area (Å²) >= 11 is 0. The maximum absolute atomic E-state index is 13.2. The van der Waals surface area contributed by atoms with Crippen LogP contribution in [0.5, 0.6) is 0 Å². The van der Waals surface area contributed by atoms with Crippen LogP contribution in [-0.2, 0) is 6.42 Å². The van der Waals surface area contributed by atoms with Gasteiger partial charge < -0.3 is 13.8 Å². The van der Waals surface area contributed by atoms with E-state index in [2.05, 4.69) is 23.1 Å². The zero-order valence-corrected chi connectivity index (χ0v) is 18.1. The Bertz CT molecular complexity index is 1270. The largest absolute Gasteiger partial charge is 0.451 e. The van der Waals surface area contributed by atoms with Crippen LogP contribution in [0.1, 0.15) is 53.3 Å². The normalized spacial score (nSPS) is 14.9. The highest BCUT2D eigenvalue weighted by Crippen LogP contribution is 2.31. The Balaban J connectivity index is 1.28. The molecule has 1 aliphatic heterocycles. The molecular weight excluding hydrogens is 409 g/mol. The molecule has 0 bridgehead atoms. The van der Waals surface area contributed by atoms with Crippen LogP contribution in [0, 0.1) is 12.7 Å². The molecule has 4 aromatic rings. The van der Waals surface area contributed by atoms with E-state index in [1.165, 1.54) is 17.7 Å². The van der Waals surface area contributed by atoms with Crippen LogP contribution in [-0.4, -0.2) is 34.0 Å². The number of hydrogen-bond donors (Lipinski definition) is 0. The Hall–Kier alpha value is -3.48. The van der Waals surface area contributed by atoms with Crippen LogP contribution in [0.3, 0.4) is 0 Å². The maximum atomic E-state index is 13.2. The molecule has 2 aromatic heterocycles. The van der Waals surface area contributed by atoms with Crippen LogP contribution in [0.2, 0.25) is 0 Å². The van der Waals surface area contributed by atoms with Gasteiger partial charge in [-0.05, 0) is 68.1 Å². The Labute approximate surface area is 185 Å². The zero-order chi connectivity index (χ0) is 22.2. The van der Waals surface area contributed by atoms with Crippen molar-refractivity contribution in [1.82, 2.24) is 15.0 Å². The highest BCUT2D eigenvalue weighted by Gasteiger charge is 2.30. The minimum Gasteiger partial charge on any atom is -0.451 e. The zero-order valence-electron chi connectivity index (χ0n) is 18.1. The van der Waals surface area contributed by atoms with Crippen molar-refractivity contribution < 1.29 is 18.1 Å². The van der Waals surface area contributed by atoms with E-state index in [0.29, 0.717) is 36.1 Å². The van der Waals surface area contributed by atoms with Gasteiger partial charge in [-0.15, -0.1) is 0 Å². The van der Waals surface area contributed by atoms with Gasteiger partial charge in [0.25, 0.3) is 5.91 Å². The fraction of sp³-hybridized carbons (Fsp3) is 0.320. The lowest BCUT2D eigenvalue weighted by atomic mass is 9.96. The Morgan fingerprint density at radius 1 is 1.16 bits per heavy atom. The highest BCUT2D eigenvalue weighted by atomic mass is 19.1. The predicted molar refractivity (Wildman–Crippen MR) is 118 cm³/mol. The lowest BCUT2D eigenvalue weighted by Gasteiger charge is -2.29. The summed E-state index contributed by atoms with van der Waals surface area (Å²) in [6, 6.07) is 12.1. The number of piperidine rings is 1. The number of amides is 1. The first-order chi connectivity index (χ1) is 15.5. The molecule has 0 aliphatic carbocycles. The lowest BCUT2D eigenvalue weighted by Crippen LogP contribution is -2.38. The molecule has 2 aromatic carbocycles. The molecule has 0 unspecified atom stereocenters. The van der Waals surface area contributed by atoms with Gasteiger partial charge in [-0.25, -0.2) is 4.39 Å². The summed E-state index contributed by atoms with van der Waals surface area (Å²) in [6.45, 7) is 5.24. The van der Waals surface area contributed by atoms with Crippen molar-refractivity contribution in [2.24, 2.45) is 0 Å². The second-order valence-electron chi connectivity index (χ2n) is 8.27. The highest BCUT2D eigenvalue weighted by molar-refractivity contribution is 5.99. The van der Waals surface area contributed by atoms with Gasteiger partial charge in [0, 0.05) is 35.5 Å². The number of aromatic nitrogens is 2. The Morgan fingerprint density at radius 2 is 1.91 bits per heavy atom. The van der Waals surface area contributed by atoms with Gasteiger partial charge in [0.15, 0.2) is 5.76 Å². The van der Waals surface area contributed by atoms with E-state index in [1.54, 1.807) is 12.1 Å². The Morgan fingerprint density at radius 3 is 2.62 bits per heavy atom. The second-order valence-corrected chi connectivity index (χ2v) is 8.27. The SMILES string of the molecule is CCc1ccc2oc(C(=O)N3CCC(c4nc(-c5ccc(F)cc5)no4)CC3)c(C)c2c1. The van der Waals surface area contributed by atoms with Crippen molar-refractivity contribution in [3.63, 3.8) is 0 Å². The topological polar surface area (TPSA) is 72.4 Å². The van der Waals surface area contributed by atoms with Gasteiger partial charge in [0.05, 0.1) is 0 Å². The lowest BCUT2D eigenvalue weighted by molar-refractivity contribution is 0.0674. The van der Waals surface area contributed by atoms with Crippen LogP contribution >= 0.6 is 0 Å². The predicted octanol–water partition coefficient (Wildman–Crippen LogP) is 5.51. The van der Waals surface area contributed by atoms with E-state index < -0.39 is 0 Å². The van der Waals surface area contributed by atoms with E-state index in [0.717, 1.165) is 35.8 Å². The second kappa shape index (κ2) is 8.22. The van der Waals surface area contributed by atoms with Crippen LogP contribution < -0.4 is 0 Å². The Kier molecular flexibility index (Phi) is 5.25. The third-order valence-electron chi connectivity index (χ3n) is 6.28. The summed E-state index contributed by atoms with van der Waals surface area (Å²) < 4.78 is 24.5. The van der Waals surface area contributed by atoms with Crippen LogP contribution in [0.15, 0.2) is 51.4 Å². The van der Waals surface area contributed by atoms with Crippen molar-refractivity contribution in [2.45, 2.75) is 39.0 Å². The first-order valence-electron chi connectivity index (χ1n) is 10.9. The number of carbonyl (C=O) groups excluding carboxylic acids is 1. The third kappa shape index (κ3) is 3.68. The molecule has 0 saturated carbocycles. The number of aryl methyl sites for hydroxylation is 2. The van der Waals surface area contributed by atoms with Crippen molar-refractivity contribution in [3.8, 4) is 11.4 Å². The first-order valence-corrected chi connectivity index (χ1v) is 10.9. The number of furan rings is 1. The fourth-order valence-electron chi connectivity index (χ4n) is 4.28. The smallest absolute Gasteiger partial charge is 0.289 e. The minimum absolute atomic E-state index is 0.0762. The molecule has 5 rings (SSSR count). The van der Waals surface area contributed by atoms with Gasteiger partial charge in [-0.1, -0.05) is 18.1 Å². The quantitative estimate of drug-likeness (QED) is 0.424. The fourth-order valence-corrected chi connectivity index (χ4v) is 4.28. The first kappa shape index (κ1) is 20.4. The summed E-state index contributed by atoms with van der Waals surface area (Å²) in [7, 11) is 0. The van der Waals surface area contributed by atoms with E-state index in [9.17, 15) is 9.18 Å². The van der Waals surface area contributed by atoms with Crippen molar-refractivity contribution in [1.29, 1.82) is 0 Å². The molecule has 0 spiro atoms. The van der Waals surface area contributed by atoms with Crippen molar-refractivity contribution in [2.75, 3.05) is 13.1 Å². The number of rotatable bonds is 4. The van der Waals surface area contributed by atoms with Crippen molar-refractivity contribution in [3.05, 3.63) is 71.1 Å². The number of halogens is 1. The number of fused-ring (bicyclic) bond motifs is 1. The number of carbonyl (C=O) groups is 1. The van der Waals surface area contributed by atoms with Crippen molar-refractivity contribution >= 4 is 16.9 Å². The molecule has 0 atom stereocenters. The number of hydrogen-bond acceptors (Lipinski definition) is 5. The number of likely N-dealkylation sites (tertiary alicyclic amines) is 1. The number of nitrogens with zero attached hydrogens (tertiary/aromatic N) is 3. The van der Waals surface area contributed by atoms with Crippen LogP contribution in [0.25, 0.3) is 22.4 Å². The maximum Gasteiger partial charge on any atom is 0.289 e. The monoisotopic (exact) mass is 433 g/mol. The summed E-state index contributed by atoms with van der Waals surface area (Å²) in [5.41, 5.74) is 3.57. The molecule has 1 amide bonds. The van der Waals surface area contributed by atoms with Gasteiger partial charge >= 0.3 is 0 Å². The molecule has 1 saturated heterocycles. The summed E-state index contributed by atoms with van der Waals surface area (Å²) in [6.07, 6.45) is 2.40. The minimum atomic E-state index is -0.306. The van der Waals surface area contributed by atoms with E-state index in [4.69, 9.17) is 8.94 Å². The molecule has 1 fully saturated rings. The van der Waals surface area contributed by atoms with Gasteiger partial charge in [-0.3, -0.25) is 4.79 Å². The standard InChI is InChI=1S/C25H24FN3O3/c1-3-16-4-9-21-20(14-16)15(2)22(31-21)25(30)29-12-10-18(11-13-29)24-27-23(28-32-24)17-5-7-19(26)8-6-17/h4-9,14,18H,3,10-13H2,1-2H3. The van der Waals surface area contributed by atoms with Crippen LogP contribution in [0.4, 0.5) is 4.39 Å². The molecule has 32 heavy (non-hydrogen) atoms. The molecule has 1 aliphatic rings. The summed E-state index contributed by atoms with van der Waals surface area (Å²) in [5, 5.41) is 5.04. The molecule has 7 heteroatoms. The third-order valence-corrected chi connectivity index (χ3v) is 6.28. The average molecular weight is 433 g/mol.